The van der Waals surface area contributed by atoms with Crippen LogP contribution in [0, 0.1) is 21.4 Å². The highest BCUT2D eigenvalue weighted by Crippen LogP contribution is 2.53. The zero-order valence-electron chi connectivity index (χ0n) is 38.0. The molecule has 2 aliphatic carbocycles. The lowest BCUT2D eigenvalue weighted by Crippen LogP contribution is -2.58. The maximum Gasteiger partial charge on any atom is 0.312 e. The number of piperidine rings is 1. The van der Waals surface area contributed by atoms with Gasteiger partial charge in [0.15, 0.2) is 9.84 Å². The van der Waals surface area contributed by atoms with Crippen molar-refractivity contribution in [2.24, 2.45) is 11.3 Å². The van der Waals surface area contributed by atoms with Crippen LogP contribution in [0.2, 0.25) is 0 Å². The number of sulfone groups is 1. The lowest BCUT2D eigenvalue weighted by Gasteiger charge is -2.57. The highest BCUT2D eigenvalue weighted by molar-refractivity contribution is 7.91. The summed E-state index contributed by atoms with van der Waals surface area (Å²) in [5.41, 5.74) is 2.47. The molecule has 19 heteroatoms. The molecule has 17 nitrogen and oxygen atoms in total. The van der Waals surface area contributed by atoms with E-state index in [2.05, 4.69) is 60.8 Å². The van der Waals surface area contributed by atoms with Crippen LogP contribution >= 0.6 is 0 Å². The number of pyridine rings is 2. The van der Waals surface area contributed by atoms with Crippen molar-refractivity contribution in [3.05, 3.63) is 106 Å². The Balaban J connectivity index is 0.903. The highest BCUT2D eigenvalue weighted by Gasteiger charge is 2.50. The number of rotatable bonds is 13. The first-order valence-corrected chi connectivity index (χ1v) is 26.4. The quantitative estimate of drug-likeness (QED) is 0.0663. The Morgan fingerprint density at radius 3 is 2.49 bits per heavy atom. The second kappa shape index (κ2) is 18.1. The average Bonchev–Trinajstić information content (AvgIpc) is 3.76. The van der Waals surface area contributed by atoms with Gasteiger partial charge in [-0.25, -0.2) is 31.5 Å². The van der Waals surface area contributed by atoms with Crippen molar-refractivity contribution in [3.8, 4) is 11.5 Å². The third-order valence-corrected chi connectivity index (χ3v) is 17.5. The van der Waals surface area contributed by atoms with Crippen LogP contribution < -0.4 is 19.7 Å². The van der Waals surface area contributed by atoms with Gasteiger partial charge in [0.2, 0.25) is 5.82 Å². The molecule has 3 aromatic heterocycles. The Hall–Kier alpha value is -5.63. The largest absolute Gasteiger partial charge is 0.455 e. The van der Waals surface area contributed by atoms with E-state index in [1.807, 2.05) is 18.2 Å². The number of H-pyrrole nitrogens is 1. The fraction of sp³-hybridized carbons (Fsp3) is 0.479. The van der Waals surface area contributed by atoms with Crippen LogP contribution in [0.3, 0.4) is 0 Å². The van der Waals surface area contributed by atoms with Crippen LogP contribution in [0.5, 0.6) is 11.5 Å². The van der Waals surface area contributed by atoms with E-state index in [4.69, 9.17) is 4.74 Å². The van der Waals surface area contributed by atoms with Crippen molar-refractivity contribution < 1.29 is 36.4 Å². The van der Waals surface area contributed by atoms with Crippen molar-refractivity contribution >= 4 is 54.0 Å². The molecule has 2 aromatic carbocycles. The van der Waals surface area contributed by atoms with Gasteiger partial charge >= 0.3 is 5.69 Å². The van der Waals surface area contributed by atoms with Gasteiger partial charge in [0.1, 0.15) is 22.0 Å². The maximum absolute atomic E-state index is 14.0. The molecule has 2 saturated carbocycles. The van der Waals surface area contributed by atoms with Gasteiger partial charge in [0.05, 0.1) is 40.0 Å². The smallest absolute Gasteiger partial charge is 0.312 e. The summed E-state index contributed by atoms with van der Waals surface area (Å²) < 4.78 is 61.8. The molecule has 1 amide bonds. The van der Waals surface area contributed by atoms with Gasteiger partial charge in [-0.2, -0.15) is 0 Å². The topological polar surface area (TPSA) is 230 Å². The number of nitrogens with zero attached hydrogens (tertiary/aromatic N) is 5. The number of aliphatic hydroxyl groups is 1. The number of hydrogen-bond acceptors (Lipinski definition) is 14. The Kier molecular flexibility index (Phi) is 12.6. The van der Waals surface area contributed by atoms with Gasteiger partial charge in [-0.05, 0) is 111 Å². The number of aromatic amines is 1. The molecule has 9 rings (SSSR count). The summed E-state index contributed by atoms with van der Waals surface area (Å²) >= 11 is 0. The third-order valence-electron chi connectivity index (χ3n) is 14.6. The molecule has 4 fully saturated rings. The van der Waals surface area contributed by atoms with Crippen LogP contribution in [-0.2, 0) is 19.9 Å². The summed E-state index contributed by atoms with van der Waals surface area (Å²) in [6.07, 6.45) is 10.7. The molecule has 4 N–H and O–H groups in total. The number of hydrogen-bond donors (Lipinski definition) is 4. The number of ether oxygens (including phenoxy) is 1. The van der Waals surface area contributed by atoms with Crippen LogP contribution in [0.1, 0.15) is 106 Å². The van der Waals surface area contributed by atoms with E-state index in [1.54, 1.807) is 31.3 Å². The maximum atomic E-state index is 14.0. The Morgan fingerprint density at radius 2 is 1.76 bits per heavy atom. The minimum atomic E-state index is -4.66. The summed E-state index contributed by atoms with van der Waals surface area (Å²) in [6.45, 7) is 8.44. The number of nitro groups is 1. The van der Waals surface area contributed by atoms with Gasteiger partial charge in [-0.3, -0.25) is 19.8 Å². The molecule has 5 heterocycles. The van der Waals surface area contributed by atoms with Gasteiger partial charge in [-0.15, -0.1) is 0 Å². The normalized spacial score (nSPS) is 23.2. The predicted octanol–water partition coefficient (Wildman–Crippen LogP) is 7.47. The van der Waals surface area contributed by atoms with Gasteiger partial charge < -0.3 is 25.0 Å². The summed E-state index contributed by atoms with van der Waals surface area (Å²) in [5.74, 6) is 0.0337. The summed E-state index contributed by atoms with van der Waals surface area (Å²) in [7, 11) is -7.83. The number of carbonyl (C=O) groups is 1. The molecule has 0 bridgehead atoms. The van der Waals surface area contributed by atoms with Crippen molar-refractivity contribution in [2.75, 3.05) is 47.9 Å². The number of anilines is 2. The zero-order valence-corrected chi connectivity index (χ0v) is 39.6. The first kappa shape index (κ1) is 46.5. The Morgan fingerprint density at radius 1 is 1.01 bits per heavy atom. The number of carbonyl (C=O) groups excluding carboxylic acids is 1. The van der Waals surface area contributed by atoms with E-state index in [-0.39, 0.29) is 58.0 Å². The fourth-order valence-electron chi connectivity index (χ4n) is 10.6. The molecule has 4 aliphatic rings. The monoisotopic (exact) mass is 954 g/mol. The van der Waals surface area contributed by atoms with Crippen molar-refractivity contribution in [1.82, 2.24) is 24.6 Å². The van der Waals surface area contributed by atoms with Crippen molar-refractivity contribution in [1.29, 1.82) is 0 Å². The van der Waals surface area contributed by atoms with E-state index >= 15 is 0 Å². The molecule has 2 aliphatic heterocycles. The number of fused-ring (bicyclic) bond motifs is 1. The van der Waals surface area contributed by atoms with Crippen LogP contribution in [-0.4, -0.2) is 102 Å². The van der Waals surface area contributed by atoms with Gasteiger partial charge in [0, 0.05) is 67.7 Å². The number of amides is 1. The van der Waals surface area contributed by atoms with Crippen molar-refractivity contribution in [3.63, 3.8) is 0 Å². The van der Waals surface area contributed by atoms with Gasteiger partial charge in [-0.1, -0.05) is 38.1 Å². The molecular formula is C48H58N8O9S2. The molecule has 2 saturated heterocycles. The standard InChI is InChI=1S/C48H58N8O9S2/c1-31(2)38-6-4-5-7-39(38)42-30-66(61,62)21-20-55(42)35-25-48(26-35)15-18-54(19-16-48)34-8-9-40(43(23-34)65-36-22-33-12-17-49-44(33)51-28-36)46(57)53-67(63,64)37-24-41(56(59)60)45(52-29-37)50-27-32-10-13-47(3,58)14-11-32/h4-9,12,17,22-24,28-29,31-32,35,42,58H,10-11,13-16,18-21,25-27,30H2,1-3H3,(H,49,51)(H,50,52)(H,53,57)/t32?,42-,47?/m1/s1. The molecule has 356 valence electrons. The van der Waals surface area contributed by atoms with E-state index in [9.17, 15) is 36.9 Å². The summed E-state index contributed by atoms with van der Waals surface area (Å²) in [6, 6.07) is 17.8. The Bertz CT molecular complexity index is 2900. The van der Waals surface area contributed by atoms with Crippen molar-refractivity contribution in [2.45, 2.75) is 101 Å². The first-order chi connectivity index (χ1) is 31.9. The minimum absolute atomic E-state index is 0.0823. The van der Waals surface area contributed by atoms with Crippen LogP contribution in [0.4, 0.5) is 17.2 Å². The van der Waals surface area contributed by atoms with E-state index < -0.39 is 46.9 Å². The molecule has 5 aromatic rings. The Labute approximate surface area is 390 Å². The number of benzene rings is 2. The molecule has 1 spiro atoms. The van der Waals surface area contributed by atoms with E-state index in [0.29, 0.717) is 37.3 Å². The SMILES string of the molecule is CC(C)c1ccccc1[C@H]1CS(=O)(=O)CCN1C1CC2(CCN(c3ccc(C(=O)NS(=O)(=O)c4cnc(NCC5CCC(C)(O)CC5)c([N+](=O)[O-])c4)c(Oc4cnc5[nH]ccc5c4)c3)CC2)C1. The third kappa shape index (κ3) is 10.0. The second-order valence-corrected chi connectivity index (χ2v) is 23.5. The number of aromatic nitrogens is 3. The first-order valence-electron chi connectivity index (χ1n) is 23.1. The van der Waals surface area contributed by atoms with E-state index in [0.717, 1.165) is 80.5 Å². The zero-order chi connectivity index (χ0) is 47.3. The average molecular weight is 955 g/mol. The fourth-order valence-corrected chi connectivity index (χ4v) is 13.0. The highest BCUT2D eigenvalue weighted by atomic mass is 32.2. The van der Waals surface area contributed by atoms with E-state index in [1.165, 1.54) is 17.8 Å². The minimum Gasteiger partial charge on any atom is -0.455 e. The molecule has 0 unspecified atom stereocenters. The van der Waals surface area contributed by atoms with Crippen LogP contribution in [0.25, 0.3) is 11.0 Å². The second-order valence-electron chi connectivity index (χ2n) is 19.6. The molecule has 67 heavy (non-hydrogen) atoms. The number of nitrogens with one attached hydrogen (secondary N) is 3. The molecular weight excluding hydrogens is 897 g/mol. The summed E-state index contributed by atoms with van der Waals surface area (Å²) in [5, 5.41) is 26.2. The van der Waals surface area contributed by atoms with Crippen LogP contribution in [0.15, 0.2) is 84.1 Å². The molecule has 1 atom stereocenters. The predicted molar refractivity (Wildman–Crippen MR) is 255 cm³/mol. The number of sulfonamides is 1. The lowest BCUT2D eigenvalue weighted by molar-refractivity contribution is -0.384. The lowest BCUT2D eigenvalue weighted by atomic mass is 9.59. The molecule has 0 radical (unpaired) electrons. The van der Waals surface area contributed by atoms with Gasteiger partial charge in [0.25, 0.3) is 15.9 Å². The summed E-state index contributed by atoms with van der Waals surface area (Å²) in [4.78, 5) is 41.1.